The van der Waals surface area contributed by atoms with Gasteiger partial charge in [-0.15, -0.1) is 0 Å². The minimum Gasteiger partial charge on any atom is -0.481 e. The highest BCUT2D eigenvalue weighted by Crippen LogP contribution is 2.39. The number of carbonyl (C=O) groups excluding carboxylic acids is 1. The number of aromatic amines is 1. The molecular formula is C23H31N5O5. The highest BCUT2D eigenvalue weighted by atomic mass is 16.5. The van der Waals surface area contributed by atoms with Crippen LogP contribution in [0.1, 0.15) is 62.1 Å². The number of nitrogens with zero attached hydrogens (tertiary/aromatic N) is 3. The number of anilines is 1. The SMILES string of the molecule is COc1cc(CC(=O)Nc2cc([C@@H]3CC[C@H](N(C(=O)O)[C@H]4CC[C@H](O)CC4)C3)[nH]n2)ccn1. The van der Waals surface area contributed by atoms with Gasteiger partial charge in [0.25, 0.3) is 0 Å². The van der Waals surface area contributed by atoms with E-state index in [4.69, 9.17) is 4.74 Å². The Morgan fingerprint density at radius 1 is 1.18 bits per heavy atom. The van der Waals surface area contributed by atoms with Gasteiger partial charge >= 0.3 is 6.09 Å². The molecule has 10 heteroatoms. The van der Waals surface area contributed by atoms with Crippen LogP contribution in [0.5, 0.6) is 5.88 Å². The van der Waals surface area contributed by atoms with Crippen molar-refractivity contribution in [3.63, 3.8) is 0 Å². The summed E-state index contributed by atoms with van der Waals surface area (Å²) >= 11 is 0. The zero-order valence-electron chi connectivity index (χ0n) is 18.7. The lowest BCUT2D eigenvalue weighted by Gasteiger charge is -2.37. The van der Waals surface area contributed by atoms with Gasteiger partial charge < -0.3 is 25.2 Å². The fourth-order valence-electron chi connectivity index (χ4n) is 5.09. The summed E-state index contributed by atoms with van der Waals surface area (Å²) in [5, 5.41) is 29.7. The zero-order valence-corrected chi connectivity index (χ0v) is 18.7. The number of hydrogen-bond donors (Lipinski definition) is 4. The smallest absolute Gasteiger partial charge is 0.407 e. The summed E-state index contributed by atoms with van der Waals surface area (Å²) in [6.07, 6.45) is 5.67. The van der Waals surface area contributed by atoms with E-state index in [0.29, 0.717) is 37.4 Å². The van der Waals surface area contributed by atoms with E-state index in [1.165, 1.54) is 7.11 Å². The van der Waals surface area contributed by atoms with E-state index < -0.39 is 6.09 Å². The largest absolute Gasteiger partial charge is 0.481 e. The van der Waals surface area contributed by atoms with Crippen LogP contribution in [0.25, 0.3) is 0 Å². The monoisotopic (exact) mass is 457 g/mol. The number of aromatic nitrogens is 3. The first-order valence-corrected chi connectivity index (χ1v) is 11.5. The lowest BCUT2D eigenvalue weighted by molar-refractivity contribution is -0.115. The Bertz CT molecular complexity index is 972. The van der Waals surface area contributed by atoms with Gasteiger partial charge in [0.2, 0.25) is 11.8 Å². The second kappa shape index (κ2) is 10.2. The molecule has 4 rings (SSSR count). The van der Waals surface area contributed by atoms with Crippen molar-refractivity contribution < 1.29 is 24.5 Å². The predicted octanol–water partition coefficient (Wildman–Crippen LogP) is 2.91. The molecule has 2 aromatic rings. The molecule has 0 radical (unpaired) electrons. The molecule has 4 N–H and O–H groups in total. The number of rotatable bonds is 7. The van der Waals surface area contributed by atoms with Gasteiger partial charge in [-0.3, -0.25) is 9.89 Å². The Labute approximate surface area is 192 Å². The predicted molar refractivity (Wildman–Crippen MR) is 120 cm³/mol. The number of amides is 2. The van der Waals surface area contributed by atoms with Crippen LogP contribution in [-0.2, 0) is 11.2 Å². The number of carbonyl (C=O) groups is 2. The third kappa shape index (κ3) is 5.62. The number of nitrogens with one attached hydrogen (secondary N) is 2. The normalized spacial score (nSPS) is 24.9. The summed E-state index contributed by atoms with van der Waals surface area (Å²) < 4.78 is 5.09. The van der Waals surface area contributed by atoms with Crippen molar-refractivity contribution in [2.24, 2.45) is 0 Å². The van der Waals surface area contributed by atoms with E-state index in [0.717, 1.165) is 30.5 Å². The number of aliphatic hydroxyl groups is 1. The van der Waals surface area contributed by atoms with Gasteiger partial charge in [0.1, 0.15) is 0 Å². The summed E-state index contributed by atoms with van der Waals surface area (Å²) in [4.78, 5) is 30.1. The molecule has 0 aromatic carbocycles. The van der Waals surface area contributed by atoms with Crippen molar-refractivity contribution in [1.29, 1.82) is 0 Å². The maximum Gasteiger partial charge on any atom is 0.407 e. The zero-order chi connectivity index (χ0) is 23.4. The first-order valence-electron chi connectivity index (χ1n) is 11.5. The molecule has 0 spiro atoms. The molecule has 178 valence electrons. The summed E-state index contributed by atoms with van der Waals surface area (Å²) in [7, 11) is 1.53. The van der Waals surface area contributed by atoms with Crippen molar-refractivity contribution in [2.75, 3.05) is 12.4 Å². The molecule has 2 atom stereocenters. The molecule has 33 heavy (non-hydrogen) atoms. The van der Waals surface area contributed by atoms with Crippen LogP contribution in [0.15, 0.2) is 24.4 Å². The van der Waals surface area contributed by atoms with Crippen LogP contribution >= 0.6 is 0 Å². The molecule has 2 heterocycles. The average molecular weight is 458 g/mol. The van der Waals surface area contributed by atoms with Gasteiger partial charge in [0.05, 0.1) is 19.6 Å². The Kier molecular flexibility index (Phi) is 7.12. The summed E-state index contributed by atoms with van der Waals surface area (Å²) in [5.41, 5.74) is 1.69. The lowest BCUT2D eigenvalue weighted by Crippen LogP contribution is -2.47. The fraction of sp³-hybridized carbons (Fsp3) is 0.565. The minimum absolute atomic E-state index is 0.0296. The van der Waals surface area contributed by atoms with E-state index in [-0.39, 0.29) is 36.4 Å². The number of aliphatic hydroxyl groups excluding tert-OH is 1. The molecule has 0 saturated heterocycles. The second-order valence-corrected chi connectivity index (χ2v) is 8.96. The van der Waals surface area contributed by atoms with E-state index in [1.54, 1.807) is 23.2 Å². The number of H-pyrrole nitrogens is 1. The Morgan fingerprint density at radius 3 is 2.67 bits per heavy atom. The molecule has 0 aliphatic heterocycles. The van der Waals surface area contributed by atoms with Crippen LogP contribution < -0.4 is 10.1 Å². The van der Waals surface area contributed by atoms with Gasteiger partial charge in [-0.2, -0.15) is 5.10 Å². The quantitative estimate of drug-likeness (QED) is 0.501. The molecule has 2 aliphatic rings. The second-order valence-electron chi connectivity index (χ2n) is 8.96. The molecule has 2 aromatic heterocycles. The van der Waals surface area contributed by atoms with E-state index >= 15 is 0 Å². The van der Waals surface area contributed by atoms with Crippen LogP contribution in [0, 0.1) is 0 Å². The van der Waals surface area contributed by atoms with Gasteiger partial charge in [-0.05, 0) is 56.6 Å². The van der Waals surface area contributed by atoms with Gasteiger partial charge in [-0.25, -0.2) is 9.78 Å². The topological polar surface area (TPSA) is 141 Å². The maximum atomic E-state index is 12.4. The van der Waals surface area contributed by atoms with Crippen LogP contribution in [0.3, 0.4) is 0 Å². The van der Waals surface area contributed by atoms with Crippen LogP contribution in [0.2, 0.25) is 0 Å². The van der Waals surface area contributed by atoms with Crippen molar-refractivity contribution in [2.45, 2.75) is 75.5 Å². The fourth-order valence-corrected chi connectivity index (χ4v) is 5.09. The molecule has 0 unspecified atom stereocenters. The highest BCUT2D eigenvalue weighted by molar-refractivity contribution is 5.91. The summed E-state index contributed by atoms with van der Waals surface area (Å²) in [6.45, 7) is 0. The number of hydrogen-bond acceptors (Lipinski definition) is 6. The Hall–Kier alpha value is -3.14. The lowest BCUT2D eigenvalue weighted by atomic mass is 9.91. The first-order chi connectivity index (χ1) is 15.9. The number of pyridine rings is 1. The number of carboxylic acid groups (broad SMARTS) is 1. The standard InChI is InChI=1S/C23H31N5O5/c1-33-22-11-14(8-9-24-22)10-21(30)25-20-13-19(26-27-20)15-2-3-17(12-15)28(23(31)32)16-4-6-18(29)7-5-16/h8-9,11,13,15-18,29H,2-7,10,12H2,1H3,(H,31,32)(H2,25,26,27,30)/t15-,16-,17+,18-/m1/s1. The van der Waals surface area contributed by atoms with Crippen molar-refractivity contribution in [3.8, 4) is 5.88 Å². The molecule has 2 amide bonds. The van der Waals surface area contributed by atoms with Crippen molar-refractivity contribution in [1.82, 2.24) is 20.1 Å². The molecule has 2 fully saturated rings. The maximum absolute atomic E-state index is 12.4. The van der Waals surface area contributed by atoms with Gasteiger partial charge in [-0.1, -0.05) is 0 Å². The van der Waals surface area contributed by atoms with E-state index in [9.17, 15) is 19.8 Å². The molecular weight excluding hydrogens is 426 g/mol. The van der Waals surface area contributed by atoms with Gasteiger partial charge in [0.15, 0.2) is 5.82 Å². The molecule has 2 aliphatic carbocycles. The average Bonchev–Trinajstić information content (AvgIpc) is 3.45. The summed E-state index contributed by atoms with van der Waals surface area (Å²) in [5.74, 6) is 0.879. The molecule has 2 saturated carbocycles. The van der Waals surface area contributed by atoms with Gasteiger partial charge in [0, 0.05) is 42.0 Å². The third-order valence-corrected chi connectivity index (χ3v) is 6.76. The minimum atomic E-state index is -0.882. The first kappa shape index (κ1) is 23.0. The van der Waals surface area contributed by atoms with Crippen LogP contribution in [0.4, 0.5) is 10.6 Å². The van der Waals surface area contributed by atoms with Crippen molar-refractivity contribution in [3.05, 3.63) is 35.7 Å². The van der Waals surface area contributed by atoms with Crippen LogP contribution in [-0.4, -0.2) is 67.6 Å². The van der Waals surface area contributed by atoms with Crippen molar-refractivity contribution >= 4 is 17.8 Å². The Morgan fingerprint density at radius 2 is 1.94 bits per heavy atom. The van der Waals surface area contributed by atoms with E-state index in [2.05, 4.69) is 20.5 Å². The number of ether oxygens (including phenoxy) is 1. The summed E-state index contributed by atoms with van der Waals surface area (Å²) in [6, 6.07) is 5.24. The van der Waals surface area contributed by atoms with E-state index in [1.807, 2.05) is 6.07 Å². The molecule has 0 bridgehead atoms. The highest BCUT2D eigenvalue weighted by Gasteiger charge is 2.38. The molecule has 10 nitrogen and oxygen atoms in total. The Balaban J connectivity index is 1.33. The third-order valence-electron chi connectivity index (χ3n) is 6.76. The number of methoxy groups -OCH3 is 1.